The largest absolute Gasteiger partial charge is 0.577 e. The molecular formula is C17H19F3O5. The Bertz CT molecular complexity index is 667. The molecular weight excluding hydrogens is 341 g/mol. The zero-order chi connectivity index (χ0) is 18.8. The van der Waals surface area contributed by atoms with Crippen molar-refractivity contribution in [3.05, 3.63) is 29.3 Å². The lowest BCUT2D eigenvalue weighted by atomic mass is 9.77. The van der Waals surface area contributed by atoms with Crippen LogP contribution in [0.4, 0.5) is 18.0 Å². The number of methoxy groups -OCH3 is 1. The van der Waals surface area contributed by atoms with E-state index in [-0.39, 0.29) is 22.6 Å². The van der Waals surface area contributed by atoms with Gasteiger partial charge in [-0.3, -0.25) is 0 Å². The normalized spacial score (nSPS) is 19.4. The number of hydrogen-bond acceptors (Lipinski definition) is 5. The third kappa shape index (κ3) is 4.64. The van der Waals surface area contributed by atoms with Crippen molar-refractivity contribution in [2.45, 2.75) is 45.4 Å². The molecule has 2 rings (SSSR count). The highest BCUT2D eigenvalue weighted by molar-refractivity contribution is 5.90. The highest BCUT2D eigenvalue weighted by atomic mass is 19.4. The molecule has 1 unspecified atom stereocenters. The first kappa shape index (κ1) is 19.1. The number of halogens is 3. The second-order valence-corrected chi connectivity index (χ2v) is 6.58. The fourth-order valence-electron chi connectivity index (χ4n) is 3.27. The minimum Gasteiger partial charge on any atom is -0.465 e. The van der Waals surface area contributed by atoms with Crippen LogP contribution < -0.4 is 4.74 Å². The van der Waals surface area contributed by atoms with E-state index in [0.717, 1.165) is 19.3 Å². The van der Waals surface area contributed by atoms with Crippen LogP contribution in [0.25, 0.3) is 0 Å². The smallest absolute Gasteiger partial charge is 0.465 e. The topological polar surface area (TPSA) is 61.8 Å². The summed E-state index contributed by atoms with van der Waals surface area (Å²) in [7, 11) is 1.23. The van der Waals surface area contributed by atoms with Crippen LogP contribution in [0.3, 0.4) is 0 Å². The summed E-state index contributed by atoms with van der Waals surface area (Å²) in [5, 5.41) is 0. The lowest BCUT2D eigenvalue weighted by molar-refractivity contribution is -0.296. The second kappa shape index (κ2) is 6.93. The van der Waals surface area contributed by atoms with Gasteiger partial charge in [0.1, 0.15) is 5.75 Å². The van der Waals surface area contributed by atoms with Crippen molar-refractivity contribution >= 4 is 12.1 Å². The maximum atomic E-state index is 12.2. The molecule has 0 aromatic heterocycles. The van der Waals surface area contributed by atoms with Crippen molar-refractivity contribution in [2.75, 3.05) is 7.11 Å². The molecule has 0 radical (unpaired) electrons. The molecule has 0 N–H and O–H groups in total. The Morgan fingerprint density at radius 3 is 2.44 bits per heavy atom. The molecule has 1 atom stereocenters. The van der Waals surface area contributed by atoms with E-state index in [2.05, 4.69) is 9.47 Å². The summed E-state index contributed by atoms with van der Waals surface area (Å²) in [4.78, 5) is 23.1. The molecule has 1 aliphatic rings. The van der Waals surface area contributed by atoms with Crippen molar-refractivity contribution in [2.24, 2.45) is 5.41 Å². The van der Waals surface area contributed by atoms with Crippen molar-refractivity contribution in [1.29, 1.82) is 0 Å². The number of carbonyl (C=O) groups excluding carboxylic acids is 2. The predicted octanol–water partition coefficient (Wildman–Crippen LogP) is 4.80. The Morgan fingerprint density at radius 2 is 1.92 bits per heavy atom. The molecule has 1 aromatic carbocycles. The lowest BCUT2D eigenvalue weighted by Gasteiger charge is -2.28. The highest BCUT2D eigenvalue weighted by Crippen LogP contribution is 2.51. The summed E-state index contributed by atoms with van der Waals surface area (Å²) in [6.07, 6.45) is -4.40. The van der Waals surface area contributed by atoms with Crippen LogP contribution in [-0.2, 0) is 9.47 Å². The Labute approximate surface area is 143 Å². The van der Waals surface area contributed by atoms with Crippen LogP contribution in [0.5, 0.6) is 5.75 Å². The van der Waals surface area contributed by atoms with Crippen LogP contribution in [0, 0.1) is 5.41 Å². The Hall–Kier alpha value is -2.25. The zero-order valence-electron chi connectivity index (χ0n) is 14.1. The van der Waals surface area contributed by atoms with Crippen molar-refractivity contribution < 1.29 is 37.0 Å². The molecule has 1 aromatic rings. The maximum Gasteiger partial charge on any atom is 0.577 e. The van der Waals surface area contributed by atoms with Crippen LogP contribution in [0.15, 0.2) is 18.2 Å². The highest BCUT2D eigenvalue weighted by Gasteiger charge is 2.39. The van der Waals surface area contributed by atoms with Gasteiger partial charge in [0, 0.05) is 0 Å². The predicted molar refractivity (Wildman–Crippen MR) is 81.3 cm³/mol. The monoisotopic (exact) mass is 360 g/mol. The van der Waals surface area contributed by atoms with Gasteiger partial charge >= 0.3 is 18.5 Å². The van der Waals surface area contributed by atoms with E-state index in [1.165, 1.54) is 25.3 Å². The fourth-order valence-corrected chi connectivity index (χ4v) is 3.27. The molecule has 1 saturated carbocycles. The molecule has 1 aliphatic carbocycles. The minimum atomic E-state index is -5.13. The molecule has 0 heterocycles. The van der Waals surface area contributed by atoms with E-state index >= 15 is 0 Å². The zero-order valence-corrected chi connectivity index (χ0v) is 14.1. The van der Waals surface area contributed by atoms with E-state index in [1.807, 2.05) is 13.8 Å². The molecule has 0 aliphatic heterocycles. The van der Waals surface area contributed by atoms with Gasteiger partial charge in [0.2, 0.25) is 0 Å². The van der Waals surface area contributed by atoms with Crippen LogP contribution in [0.1, 0.15) is 54.9 Å². The third-order valence-electron chi connectivity index (χ3n) is 4.46. The first-order chi connectivity index (χ1) is 11.5. The molecule has 0 spiro atoms. The van der Waals surface area contributed by atoms with Gasteiger partial charge in [-0.05, 0) is 47.9 Å². The number of rotatable bonds is 3. The molecule has 8 heteroatoms. The summed E-state index contributed by atoms with van der Waals surface area (Å²) in [5.74, 6) is -0.714. The lowest BCUT2D eigenvalue weighted by Crippen LogP contribution is -2.23. The van der Waals surface area contributed by atoms with Gasteiger partial charge in [-0.2, -0.15) is 0 Å². The molecule has 0 amide bonds. The van der Waals surface area contributed by atoms with Gasteiger partial charge in [0.15, 0.2) is 0 Å². The molecule has 138 valence electrons. The van der Waals surface area contributed by atoms with Gasteiger partial charge in [-0.15, -0.1) is 13.2 Å². The van der Waals surface area contributed by atoms with Crippen molar-refractivity contribution in [3.63, 3.8) is 0 Å². The molecule has 25 heavy (non-hydrogen) atoms. The van der Waals surface area contributed by atoms with Gasteiger partial charge < -0.3 is 14.2 Å². The quantitative estimate of drug-likeness (QED) is 0.572. The number of ether oxygens (including phenoxy) is 3. The van der Waals surface area contributed by atoms with E-state index in [1.54, 1.807) is 0 Å². The van der Waals surface area contributed by atoms with E-state index in [9.17, 15) is 22.8 Å². The summed E-state index contributed by atoms with van der Waals surface area (Å²) >= 11 is 0. The van der Waals surface area contributed by atoms with Crippen LogP contribution in [-0.4, -0.2) is 25.6 Å². The van der Waals surface area contributed by atoms with Gasteiger partial charge in [0.05, 0.1) is 12.7 Å². The maximum absolute atomic E-state index is 12.2. The van der Waals surface area contributed by atoms with Gasteiger partial charge in [0.25, 0.3) is 0 Å². The number of carbonyl (C=O) groups is 2. The summed E-state index contributed by atoms with van der Waals surface area (Å²) in [5.41, 5.74) is 0.571. The van der Waals surface area contributed by atoms with Gasteiger partial charge in [-0.25, -0.2) is 9.59 Å². The minimum absolute atomic E-state index is 0.0538. The van der Waals surface area contributed by atoms with E-state index in [0.29, 0.717) is 5.56 Å². The van der Waals surface area contributed by atoms with Gasteiger partial charge in [-0.1, -0.05) is 20.3 Å². The SMILES string of the molecule is COC(=O)c1ccc(OC(=O)OC(F)(F)F)c(C2CCCC2(C)C)c1. The standard InChI is InChI=1S/C17H19F3O5/c1-16(2)8-4-5-12(16)11-9-10(14(21)23-3)6-7-13(11)24-15(22)25-17(18,19)20/h6-7,9,12H,4-5,8H2,1-3H3. The molecule has 0 saturated heterocycles. The Kier molecular flexibility index (Phi) is 5.29. The molecule has 0 bridgehead atoms. The first-order valence-electron chi connectivity index (χ1n) is 7.73. The summed E-state index contributed by atoms with van der Waals surface area (Å²) in [6.45, 7) is 4.04. The fraction of sp³-hybridized carbons (Fsp3) is 0.529. The average Bonchev–Trinajstić information content (AvgIpc) is 2.84. The van der Waals surface area contributed by atoms with E-state index in [4.69, 9.17) is 4.74 Å². The third-order valence-corrected chi connectivity index (χ3v) is 4.46. The van der Waals surface area contributed by atoms with Crippen molar-refractivity contribution in [1.82, 2.24) is 0 Å². The second-order valence-electron chi connectivity index (χ2n) is 6.58. The first-order valence-corrected chi connectivity index (χ1v) is 7.73. The Balaban J connectivity index is 2.38. The van der Waals surface area contributed by atoms with Crippen LogP contribution in [0.2, 0.25) is 0 Å². The number of benzene rings is 1. The van der Waals surface area contributed by atoms with Crippen LogP contribution >= 0.6 is 0 Å². The van der Waals surface area contributed by atoms with E-state index < -0.39 is 18.5 Å². The summed E-state index contributed by atoms with van der Waals surface area (Å²) < 4.78 is 49.2. The number of alkyl halides is 3. The Morgan fingerprint density at radius 1 is 1.24 bits per heavy atom. The molecule has 5 nitrogen and oxygen atoms in total. The number of hydrogen-bond donors (Lipinski definition) is 0. The molecule has 1 fully saturated rings. The summed E-state index contributed by atoms with van der Waals surface area (Å²) in [6, 6.07) is 4.11. The number of esters is 1. The average molecular weight is 360 g/mol. The van der Waals surface area contributed by atoms with Crippen molar-refractivity contribution in [3.8, 4) is 5.75 Å².